The lowest BCUT2D eigenvalue weighted by Gasteiger charge is -2.06. The molecule has 0 aliphatic heterocycles. The first-order chi connectivity index (χ1) is 15.0. The molecule has 3 aromatic rings. The normalized spacial score (nSPS) is 11.7. The molecule has 1 aromatic heterocycles. The lowest BCUT2D eigenvalue weighted by molar-refractivity contribution is -0.117. The van der Waals surface area contributed by atoms with E-state index in [9.17, 15) is 9.59 Å². The molecule has 0 bridgehead atoms. The van der Waals surface area contributed by atoms with Crippen molar-refractivity contribution in [1.82, 2.24) is 4.57 Å². The summed E-state index contributed by atoms with van der Waals surface area (Å²) < 4.78 is 18.4. The molecule has 1 heterocycles. The van der Waals surface area contributed by atoms with Crippen molar-refractivity contribution in [3.05, 3.63) is 57.9 Å². The maximum atomic E-state index is 12.7. The molecule has 0 spiro atoms. The summed E-state index contributed by atoms with van der Waals surface area (Å²) in [6.07, 6.45) is 0.192. The largest absolute Gasteiger partial charge is 0.496 e. The number of esters is 1. The number of hydrogen-bond donors (Lipinski definition) is 0. The Kier molecular flexibility index (Phi) is 7.59. The number of thiazole rings is 1. The van der Waals surface area contributed by atoms with Crippen molar-refractivity contribution in [3.63, 3.8) is 0 Å². The van der Waals surface area contributed by atoms with Crippen LogP contribution in [0, 0.1) is 6.92 Å². The van der Waals surface area contributed by atoms with E-state index >= 15 is 0 Å². The van der Waals surface area contributed by atoms with Crippen LogP contribution in [-0.2, 0) is 27.2 Å². The minimum Gasteiger partial charge on any atom is -0.496 e. The molecule has 2 aromatic carbocycles. The zero-order valence-electron chi connectivity index (χ0n) is 18.1. The van der Waals surface area contributed by atoms with Gasteiger partial charge in [-0.15, -0.1) is 0 Å². The lowest BCUT2D eigenvalue weighted by atomic mass is 10.1. The Morgan fingerprint density at radius 1 is 1.13 bits per heavy atom. The standard InChI is InChI=1S/C23H26N2O5S/c1-5-30-22(27)17-7-8-18-20(14-17)31-23(25(18)10-11-28-3)24-21(26)13-16-6-9-19(29-4)15(2)12-16/h6-9,12,14H,5,10-11,13H2,1-4H3. The van der Waals surface area contributed by atoms with Gasteiger partial charge in [-0.25, -0.2) is 4.79 Å². The summed E-state index contributed by atoms with van der Waals surface area (Å²) in [5.41, 5.74) is 3.21. The average Bonchev–Trinajstić information content (AvgIpc) is 3.08. The molecule has 7 nitrogen and oxygen atoms in total. The van der Waals surface area contributed by atoms with Gasteiger partial charge < -0.3 is 18.8 Å². The molecule has 31 heavy (non-hydrogen) atoms. The van der Waals surface area contributed by atoms with Crippen molar-refractivity contribution in [2.24, 2.45) is 4.99 Å². The number of aryl methyl sites for hydroxylation is 1. The van der Waals surface area contributed by atoms with Crippen molar-refractivity contribution in [2.75, 3.05) is 27.4 Å². The number of rotatable bonds is 8. The summed E-state index contributed by atoms with van der Waals surface area (Å²) in [4.78, 5) is 29.7. The second-order valence-corrected chi connectivity index (χ2v) is 7.93. The smallest absolute Gasteiger partial charge is 0.338 e. The fourth-order valence-electron chi connectivity index (χ4n) is 3.27. The summed E-state index contributed by atoms with van der Waals surface area (Å²) in [7, 11) is 3.25. The molecule has 0 unspecified atom stereocenters. The van der Waals surface area contributed by atoms with Gasteiger partial charge >= 0.3 is 5.97 Å². The van der Waals surface area contributed by atoms with Gasteiger partial charge in [-0.3, -0.25) is 4.79 Å². The first-order valence-electron chi connectivity index (χ1n) is 9.97. The molecule has 164 valence electrons. The Hall–Kier alpha value is -2.97. The Bertz CT molecular complexity index is 1160. The fraction of sp³-hybridized carbons (Fsp3) is 0.348. The number of ether oxygens (including phenoxy) is 3. The Balaban J connectivity index is 1.96. The third kappa shape index (κ3) is 5.39. The Morgan fingerprint density at radius 2 is 1.94 bits per heavy atom. The van der Waals surface area contributed by atoms with Gasteiger partial charge in [0.15, 0.2) is 4.80 Å². The van der Waals surface area contributed by atoms with Gasteiger partial charge in [0.25, 0.3) is 5.91 Å². The SMILES string of the molecule is CCOC(=O)c1ccc2c(c1)sc(=NC(=O)Cc1ccc(OC)c(C)c1)n2CCOC. The van der Waals surface area contributed by atoms with Gasteiger partial charge in [0.1, 0.15) is 5.75 Å². The number of amides is 1. The number of carbonyl (C=O) groups excluding carboxylic acids is 2. The molecule has 1 amide bonds. The molecule has 0 saturated heterocycles. The summed E-state index contributed by atoms with van der Waals surface area (Å²) in [6, 6.07) is 11.0. The van der Waals surface area contributed by atoms with Gasteiger partial charge in [0.05, 0.1) is 42.5 Å². The van der Waals surface area contributed by atoms with E-state index in [1.54, 1.807) is 33.3 Å². The third-order valence-corrected chi connectivity index (χ3v) is 5.79. The molecular formula is C23H26N2O5S. The van der Waals surface area contributed by atoms with E-state index in [2.05, 4.69) is 4.99 Å². The highest BCUT2D eigenvalue weighted by molar-refractivity contribution is 7.16. The molecular weight excluding hydrogens is 416 g/mol. The van der Waals surface area contributed by atoms with Crippen LogP contribution in [0.4, 0.5) is 0 Å². The topological polar surface area (TPSA) is 79.1 Å². The summed E-state index contributed by atoms with van der Waals surface area (Å²) in [5.74, 6) is 0.172. The number of carbonyl (C=O) groups is 2. The van der Waals surface area contributed by atoms with Gasteiger partial charge in [-0.2, -0.15) is 4.99 Å². The zero-order chi connectivity index (χ0) is 22.4. The van der Waals surface area contributed by atoms with E-state index in [0.29, 0.717) is 30.1 Å². The minimum absolute atomic E-state index is 0.192. The highest BCUT2D eigenvalue weighted by atomic mass is 32.1. The fourth-order valence-corrected chi connectivity index (χ4v) is 4.38. The van der Waals surface area contributed by atoms with Crippen LogP contribution in [0.25, 0.3) is 10.2 Å². The average molecular weight is 443 g/mol. The van der Waals surface area contributed by atoms with E-state index in [0.717, 1.165) is 27.1 Å². The molecule has 0 saturated carbocycles. The van der Waals surface area contributed by atoms with Crippen LogP contribution in [-0.4, -0.2) is 43.9 Å². The Labute approximate surface area is 184 Å². The minimum atomic E-state index is -0.370. The number of methoxy groups -OCH3 is 2. The van der Waals surface area contributed by atoms with Crippen LogP contribution in [0.15, 0.2) is 41.4 Å². The van der Waals surface area contributed by atoms with E-state index in [1.165, 1.54) is 11.3 Å². The number of aromatic nitrogens is 1. The third-order valence-electron chi connectivity index (χ3n) is 4.75. The predicted molar refractivity (Wildman–Crippen MR) is 120 cm³/mol. The number of hydrogen-bond acceptors (Lipinski definition) is 6. The monoisotopic (exact) mass is 442 g/mol. The van der Waals surface area contributed by atoms with Crippen molar-refractivity contribution < 1.29 is 23.8 Å². The summed E-state index contributed by atoms with van der Waals surface area (Å²) in [6.45, 7) is 5.05. The molecule has 0 aliphatic rings. The molecule has 0 radical (unpaired) electrons. The number of nitrogens with zero attached hydrogens (tertiary/aromatic N) is 2. The second-order valence-electron chi connectivity index (χ2n) is 6.92. The van der Waals surface area contributed by atoms with E-state index in [1.807, 2.05) is 35.8 Å². The molecule has 0 fully saturated rings. The van der Waals surface area contributed by atoms with Crippen LogP contribution in [0.5, 0.6) is 5.75 Å². The highest BCUT2D eigenvalue weighted by Crippen LogP contribution is 2.21. The van der Waals surface area contributed by atoms with E-state index in [-0.39, 0.29) is 18.3 Å². The number of fused-ring (bicyclic) bond motifs is 1. The summed E-state index contributed by atoms with van der Waals surface area (Å²) >= 11 is 1.36. The first-order valence-corrected chi connectivity index (χ1v) is 10.8. The van der Waals surface area contributed by atoms with Gasteiger partial charge in [0, 0.05) is 13.7 Å². The second kappa shape index (κ2) is 10.4. The molecule has 8 heteroatoms. The van der Waals surface area contributed by atoms with Crippen molar-refractivity contribution in [2.45, 2.75) is 26.8 Å². The van der Waals surface area contributed by atoms with Crippen LogP contribution in [0.3, 0.4) is 0 Å². The maximum absolute atomic E-state index is 12.7. The molecule has 3 rings (SSSR count). The molecule has 0 N–H and O–H groups in total. The summed E-state index contributed by atoms with van der Waals surface area (Å²) in [5, 5.41) is 0. The maximum Gasteiger partial charge on any atom is 0.338 e. The van der Waals surface area contributed by atoms with E-state index < -0.39 is 0 Å². The quantitative estimate of drug-likeness (QED) is 0.499. The molecule has 0 aliphatic carbocycles. The van der Waals surface area contributed by atoms with Crippen molar-refractivity contribution >= 4 is 33.4 Å². The first kappa shape index (κ1) is 22.7. The highest BCUT2D eigenvalue weighted by Gasteiger charge is 2.13. The van der Waals surface area contributed by atoms with Crippen molar-refractivity contribution in [3.8, 4) is 5.75 Å². The lowest BCUT2D eigenvalue weighted by Crippen LogP contribution is -2.19. The van der Waals surface area contributed by atoms with Gasteiger partial charge in [-0.1, -0.05) is 23.5 Å². The Morgan fingerprint density at radius 3 is 2.61 bits per heavy atom. The van der Waals surface area contributed by atoms with Crippen LogP contribution >= 0.6 is 11.3 Å². The van der Waals surface area contributed by atoms with E-state index in [4.69, 9.17) is 14.2 Å². The van der Waals surface area contributed by atoms with Crippen molar-refractivity contribution in [1.29, 1.82) is 0 Å². The number of benzene rings is 2. The van der Waals surface area contributed by atoms with Crippen LogP contribution < -0.4 is 9.54 Å². The van der Waals surface area contributed by atoms with Gasteiger partial charge in [0.2, 0.25) is 0 Å². The molecule has 0 atom stereocenters. The van der Waals surface area contributed by atoms with Crippen LogP contribution in [0.2, 0.25) is 0 Å². The zero-order valence-corrected chi connectivity index (χ0v) is 19.0. The van der Waals surface area contributed by atoms with Crippen LogP contribution in [0.1, 0.15) is 28.4 Å². The van der Waals surface area contributed by atoms with Gasteiger partial charge in [-0.05, 0) is 49.2 Å². The predicted octanol–water partition coefficient (Wildman–Crippen LogP) is 3.51.